The van der Waals surface area contributed by atoms with Gasteiger partial charge in [0.15, 0.2) is 5.78 Å². The highest BCUT2D eigenvalue weighted by molar-refractivity contribution is 6.30. The summed E-state index contributed by atoms with van der Waals surface area (Å²) in [5.74, 6) is -1.62. The molecule has 78 valence electrons. The van der Waals surface area contributed by atoms with Crippen LogP contribution in [0.3, 0.4) is 0 Å². The number of nitriles is 1. The Balaban J connectivity index is 3.47. The fourth-order valence-electron chi connectivity index (χ4n) is 1.18. The number of ketones is 1. The monoisotopic (exact) mass is 227 g/mol. The van der Waals surface area contributed by atoms with E-state index in [2.05, 4.69) is 0 Å². The predicted molar refractivity (Wildman–Crippen MR) is 52.7 cm³/mol. The minimum Gasteiger partial charge on any atom is -0.495 e. The summed E-state index contributed by atoms with van der Waals surface area (Å²) >= 11 is 5.32. The second kappa shape index (κ2) is 4.76. The van der Waals surface area contributed by atoms with Crippen molar-refractivity contribution in [1.82, 2.24) is 0 Å². The van der Waals surface area contributed by atoms with E-state index in [1.807, 2.05) is 0 Å². The van der Waals surface area contributed by atoms with Gasteiger partial charge in [0, 0.05) is 0 Å². The van der Waals surface area contributed by atoms with Gasteiger partial charge >= 0.3 is 0 Å². The number of carbonyl (C=O) groups excluding carboxylic acids is 1. The third kappa shape index (κ3) is 2.08. The van der Waals surface area contributed by atoms with Gasteiger partial charge in [0.05, 0.1) is 18.6 Å². The van der Waals surface area contributed by atoms with Gasteiger partial charge in [-0.2, -0.15) is 5.26 Å². The van der Waals surface area contributed by atoms with Gasteiger partial charge in [-0.1, -0.05) is 0 Å². The van der Waals surface area contributed by atoms with Crippen molar-refractivity contribution in [3.8, 4) is 11.8 Å². The second-order valence-electron chi connectivity index (χ2n) is 2.67. The van der Waals surface area contributed by atoms with E-state index in [0.717, 1.165) is 6.07 Å². The molecule has 0 saturated heterocycles. The van der Waals surface area contributed by atoms with Gasteiger partial charge in [0.2, 0.25) is 0 Å². The number of hydrogen-bond donors (Lipinski definition) is 0. The van der Waals surface area contributed by atoms with Crippen molar-refractivity contribution >= 4 is 17.4 Å². The molecule has 0 bridgehead atoms. The minimum atomic E-state index is -0.766. The number of benzene rings is 1. The van der Waals surface area contributed by atoms with Crippen LogP contribution in [0.1, 0.15) is 15.9 Å². The first-order valence-electron chi connectivity index (χ1n) is 4.01. The molecular formula is C10H7ClFNO2. The average molecular weight is 228 g/mol. The van der Waals surface area contributed by atoms with Crippen LogP contribution in [0, 0.1) is 17.1 Å². The average Bonchev–Trinajstić information content (AvgIpc) is 2.27. The molecule has 0 radical (unpaired) electrons. The molecule has 5 heteroatoms. The Labute approximate surface area is 91.0 Å². The molecule has 0 saturated carbocycles. The molecule has 1 aromatic carbocycles. The molecule has 0 amide bonds. The normalized spacial score (nSPS) is 9.47. The largest absolute Gasteiger partial charge is 0.495 e. The Morgan fingerprint density at radius 2 is 2.33 bits per heavy atom. The SMILES string of the molecule is COc1ccc(F)c(C(=O)CCl)c1C#N. The third-order valence-corrected chi connectivity index (χ3v) is 2.09. The molecule has 0 atom stereocenters. The van der Waals surface area contributed by atoms with E-state index in [4.69, 9.17) is 21.6 Å². The van der Waals surface area contributed by atoms with Crippen LogP contribution in [0.15, 0.2) is 12.1 Å². The van der Waals surface area contributed by atoms with E-state index in [0.29, 0.717) is 0 Å². The summed E-state index contributed by atoms with van der Waals surface area (Å²) in [6.07, 6.45) is 0. The summed E-state index contributed by atoms with van der Waals surface area (Å²) in [4.78, 5) is 11.3. The Morgan fingerprint density at radius 1 is 1.67 bits per heavy atom. The van der Waals surface area contributed by atoms with Gasteiger partial charge < -0.3 is 4.74 Å². The predicted octanol–water partition coefficient (Wildman–Crippen LogP) is 2.13. The van der Waals surface area contributed by atoms with Gasteiger partial charge in [-0.15, -0.1) is 11.6 Å². The standard InChI is InChI=1S/C10H7ClFNO2/c1-15-9-3-2-7(12)10(6(9)5-13)8(14)4-11/h2-3H,4H2,1H3. The van der Waals surface area contributed by atoms with E-state index < -0.39 is 11.6 Å². The van der Waals surface area contributed by atoms with E-state index in [-0.39, 0.29) is 22.8 Å². The van der Waals surface area contributed by atoms with Crippen LogP contribution >= 0.6 is 11.6 Å². The van der Waals surface area contributed by atoms with Crippen LogP contribution in [0.25, 0.3) is 0 Å². The zero-order valence-corrected chi connectivity index (χ0v) is 8.64. The molecule has 1 aromatic rings. The first-order chi connectivity index (χ1) is 7.15. The number of nitrogens with zero attached hydrogens (tertiary/aromatic N) is 1. The van der Waals surface area contributed by atoms with Gasteiger partial charge in [-0.25, -0.2) is 4.39 Å². The maximum atomic E-state index is 13.3. The number of rotatable bonds is 3. The smallest absolute Gasteiger partial charge is 0.182 e. The highest BCUT2D eigenvalue weighted by atomic mass is 35.5. The Hall–Kier alpha value is -1.60. The fraction of sp³-hybridized carbons (Fsp3) is 0.200. The lowest BCUT2D eigenvalue weighted by Gasteiger charge is -2.07. The summed E-state index contributed by atoms with van der Waals surface area (Å²) in [5, 5.41) is 8.81. The van der Waals surface area contributed by atoms with Gasteiger partial charge in [0.25, 0.3) is 0 Å². The number of Topliss-reactive ketones (excluding diaryl/α,β-unsaturated/α-hetero) is 1. The highest BCUT2D eigenvalue weighted by Crippen LogP contribution is 2.24. The van der Waals surface area contributed by atoms with Crippen molar-refractivity contribution in [3.05, 3.63) is 29.1 Å². The number of halogens is 2. The van der Waals surface area contributed by atoms with Crippen LogP contribution in [0.2, 0.25) is 0 Å². The molecule has 0 N–H and O–H groups in total. The van der Waals surface area contributed by atoms with Crippen molar-refractivity contribution in [1.29, 1.82) is 5.26 Å². The van der Waals surface area contributed by atoms with Gasteiger partial charge in [0.1, 0.15) is 23.2 Å². The Bertz CT molecular complexity index is 440. The lowest BCUT2D eigenvalue weighted by atomic mass is 10.0. The van der Waals surface area contributed by atoms with E-state index in [1.165, 1.54) is 13.2 Å². The summed E-state index contributed by atoms with van der Waals surface area (Å²) in [7, 11) is 1.34. The molecular weight excluding hydrogens is 221 g/mol. The minimum absolute atomic E-state index is 0.122. The van der Waals surface area contributed by atoms with E-state index >= 15 is 0 Å². The van der Waals surface area contributed by atoms with Gasteiger partial charge in [-0.05, 0) is 12.1 Å². The third-order valence-electron chi connectivity index (χ3n) is 1.85. The molecule has 0 heterocycles. The maximum absolute atomic E-state index is 13.3. The summed E-state index contributed by atoms with van der Waals surface area (Å²) in [6.45, 7) is 0. The molecule has 0 aliphatic carbocycles. The van der Waals surface area contributed by atoms with Crippen molar-refractivity contribution in [2.75, 3.05) is 13.0 Å². The first-order valence-corrected chi connectivity index (χ1v) is 4.55. The van der Waals surface area contributed by atoms with Crippen LogP contribution in [-0.2, 0) is 0 Å². The summed E-state index contributed by atoms with van der Waals surface area (Å²) in [5.41, 5.74) is -0.435. The first kappa shape index (κ1) is 11.5. The van der Waals surface area contributed by atoms with Crippen LogP contribution < -0.4 is 4.74 Å². The number of ether oxygens (including phenoxy) is 1. The summed E-state index contributed by atoms with van der Waals surface area (Å²) < 4.78 is 18.1. The molecule has 0 unspecified atom stereocenters. The number of carbonyl (C=O) groups is 1. The molecule has 3 nitrogen and oxygen atoms in total. The molecule has 0 fully saturated rings. The molecule has 1 rings (SSSR count). The number of methoxy groups -OCH3 is 1. The highest BCUT2D eigenvalue weighted by Gasteiger charge is 2.19. The number of hydrogen-bond acceptors (Lipinski definition) is 3. The molecule has 0 aliphatic rings. The van der Waals surface area contributed by atoms with Crippen molar-refractivity contribution < 1.29 is 13.9 Å². The van der Waals surface area contributed by atoms with Crippen molar-refractivity contribution in [2.45, 2.75) is 0 Å². The van der Waals surface area contributed by atoms with Crippen molar-refractivity contribution in [2.24, 2.45) is 0 Å². The van der Waals surface area contributed by atoms with E-state index in [9.17, 15) is 9.18 Å². The summed E-state index contributed by atoms with van der Waals surface area (Å²) in [6, 6.07) is 4.09. The molecule has 0 aliphatic heterocycles. The van der Waals surface area contributed by atoms with Crippen molar-refractivity contribution in [3.63, 3.8) is 0 Å². The molecule has 0 spiro atoms. The zero-order chi connectivity index (χ0) is 11.4. The fourth-order valence-corrected chi connectivity index (χ4v) is 1.31. The van der Waals surface area contributed by atoms with Crippen LogP contribution in [-0.4, -0.2) is 18.8 Å². The maximum Gasteiger partial charge on any atom is 0.182 e. The Kier molecular flexibility index (Phi) is 3.64. The van der Waals surface area contributed by atoms with E-state index in [1.54, 1.807) is 6.07 Å². The topological polar surface area (TPSA) is 50.1 Å². The molecule has 0 aromatic heterocycles. The quantitative estimate of drug-likeness (QED) is 0.587. The lowest BCUT2D eigenvalue weighted by Crippen LogP contribution is -2.08. The second-order valence-corrected chi connectivity index (χ2v) is 2.94. The number of alkyl halides is 1. The zero-order valence-electron chi connectivity index (χ0n) is 7.88. The lowest BCUT2D eigenvalue weighted by molar-refractivity contribution is 0.101. The van der Waals surface area contributed by atoms with Gasteiger partial charge in [-0.3, -0.25) is 4.79 Å². The van der Waals surface area contributed by atoms with Crippen LogP contribution in [0.5, 0.6) is 5.75 Å². The Morgan fingerprint density at radius 3 is 2.80 bits per heavy atom. The van der Waals surface area contributed by atoms with Crippen LogP contribution in [0.4, 0.5) is 4.39 Å². The molecule has 15 heavy (non-hydrogen) atoms.